The van der Waals surface area contributed by atoms with Gasteiger partial charge in [-0.05, 0) is 59.7 Å². The third-order valence-corrected chi connectivity index (χ3v) is 8.06. The average molecular weight is 584 g/mol. The summed E-state index contributed by atoms with van der Waals surface area (Å²) >= 11 is 12.4. The summed E-state index contributed by atoms with van der Waals surface area (Å²) in [7, 11) is 0. The number of hydrogen-bond donors (Lipinski definition) is 1. The predicted molar refractivity (Wildman–Crippen MR) is 168 cm³/mol. The zero-order chi connectivity index (χ0) is 28.0. The molecule has 0 amide bonds. The molecule has 0 spiro atoms. The van der Waals surface area contributed by atoms with E-state index >= 15 is 0 Å². The van der Waals surface area contributed by atoms with Crippen molar-refractivity contribution in [3.63, 3.8) is 0 Å². The first-order valence-electron chi connectivity index (χ1n) is 14.0. The molecule has 3 aromatic carbocycles. The van der Waals surface area contributed by atoms with Crippen LogP contribution in [-0.2, 0) is 13.0 Å². The van der Waals surface area contributed by atoms with Crippen LogP contribution in [0.3, 0.4) is 0 Å². The smallest absolute Gasteiger partial charge is 0.145 e. The Morgan fingerprint density at radius 2 is 1.39 bits per heavy atom. The quantitative estimate of drug-likeness (QED) is 0.204. The van der Waals surface area contributed by atoms with Crippen molar-refractivity contribution in [2.45, 2.75) is 19.0 Å². The summed E-state index contributed by atoms with van der Waals surface area (Å²) < 4.78 is 0. The maximum Gasteiger partial charge on any atom is 0.145 e. The van der Waals surface area contributed by atoms with Crippen LogP contribution in [0.1, 0.15) is 28.7 Å². The van der Waals surface area contributed by atoms with Gasteiger partial charge in [-0.2, -0.15) is 0 Å². The monoisotopic (exact) mass is 582 g/mol. The summed E-state index contributed by atoms with van der Waals surface area (Å²) in [6.45, 7) is 5.18. The van der Waals surface area contributed by atoms with E-state index in [2.05, 4.69) is 62.6 Å². The second-order valence-corrected chi connectivity index (χ2v) is 11.2. The van der Waals surface area contributed by atoms with Crippen molar-refractivity contribution in [2.24, 2.45) is 0 Å². The minimum atomic E-state index is 0.138. The lowest BCUT2D eigenvalue weighted by Gasteiger charge is -2.39. The molecule has 1 aliphatic heterocycles. The van der Waals surface area contributed by atoms with Crippen molar-refractivity contribution >= 4 is 39.9 Å². The van der Waals surface area contributed by atoms with Gasteiger partial charge in [0.25, 0.3) is 0 Å². The maximum absolute atomic E-state index is 6.21. The molecule has 1 saturated heterocycles. The second kappa shape index (κ2) is 13.0. The van der Waals surface area contributed by atoms with E-state index in [0.717, 1.165) is 77.4 Å². The number of anilines is 1. The number of aromatic nitrogens is 3. The Bertz CT molecular complexity index is 1520. The first-order chi connectivity index (χ1) is 20.1. The standard InChI is InChI=1S/C33H32Cl2N6/c34-26-12-8-24(9-13-26)32(25-10-14-27(35)15-11-25)41-21-19-40(20-22-41)23-31-38-30-7-2-1-6-29(30)33(39-31)37-18-16-28-5-3-4-17-36-28/h1-15,17,32H,16,18-23H2,(H,37,38,39). The molecular formula is C33H32Cl2N6. The number of halogens is 2. The first-order valence-corrected chi connectivity index (χ1v) is 14.7. The fourth-order valence-corrected chi connectivity index (χ4v) is 5.72. The molecule has 41 heavy (non-hydrogen) atoms. The van der Waals surface area contributed by atoms with Crippen molar-refractivity contribution in [1.29, 1.82) is 0 Å². The van der Waals surface area contributed by atoms with E-state index in [4.69, 9.17) is 33.2 Å². The Hall–Kier alpha value is -3.55. The van der Waals surface area contributed by atoms with Crippen molar-refractivity contribution in [1.82, 2.24) is 24.8 Å². The normalized spacial score (nSPS) is 14.5. The minimum absolute atomic E-state index is 0.138. The highest BCUT2D eigenvalue weighted by Gasteiger charge is 2.27. The Balaban J connectivity index is 1.15. The maximum atomic E-state index is 6.21. The molecule has 0 unspecified atom stereocenters. The van der Waals surface area contributed by atoms with Crippen molar-refractivity contribution in [3.05, 3.63) is 130 Å². The van der Waals surface area contributed by atoms with Crippen LogP contribution in [0.4, 0.5) is 5.82 Å². The Kier molecular flexibility index (Phi) is 8.73. The fourth-order valence-electron chi connectivity index (χ4n) is 5.47. The molecule has 0 bridgehead atoms. The molecule has 2 aromatic heterocycles. The first kappa shape index (κ1) is 27.6. The van der Waals surface area contributed by atoms with Gasteiger partial charge in [-0.15, -0.1) is 0 Å². The van der Waals surface area contributed by atoms with E-state index in [-0.39, 0.29) is 6.04 Å². The van der Waals surface area contributed by atoms with E-state index in [9.17, 15) is 0 Å². The van der Waals surface area contributed by atoms with Crippen LogP contribution in [0, 0.1) is 0 Å². The lowest BCUT2D eigenvalue weighted by atomic mass is 9.96. The number of benzene rings is 3. The highest BCUT2D eigenvalue weighted by molar-refractivity contribution is 6.30. The van der Waals surface area contributed by atoms with Crippen molar-refractivity contribution < 1.29 is 0 Å². The van der Waals surface area contributed by atoms with Crippen molar-refractivity contribution in [3.8, 4) is 0 Å². The number of nitrogens with one attached hydrogen (secondary N) is 1. The summed E-state index contributed by atoms with van der Waals surface area (Å²) in [5, 5.41) is 6.07. The molecule has 6 nitrogen and oxygen atoms in total. The highest BCUT2D eigenvalue weighted by atomic mass is 35.5. The molecule has 0 radical (unpaired) electrons. The molecule has 1 N–H and O–H groups in total. The molecule has 8 heteroatoms. The highest BCUT2D eigenvalue weighted by Crippen LogP contribution is 2.31. The molecular weight excluding hydrogens is 551 g/mol. The van der Waals surface area contributed by atoms with Gasteiger partial charge in [0.2, 0.25) is 0 Å². The fraction of sp³-hybridized carbons (Fsp3) is 0.242. The van der Waals surface area contributed by atoms with Crippen LogP contribution >= 0.6 is 23.2 Å². The van der Waals surface area contributed by atoms with E-state index < -0.39 is 0 Å². The Morgan fingerprint density at radius 3 is 2.05 bits per heavy atom. The van der Waals surface area contributed by atoms with Gasteiger partial charge < -0.3 is 5.32 Å². The summed E-state index contributed by atoms with van der Waals surface area (Å²) in [5.74, 6) is 1.72. The summed E-state index contributed by atoms with van der Waals surface area (Å²) in [5.41, 5.74) is 4.47. The van der Waals surface area contributed by atoms with Gasteiger partial charge in [0.1, 0.15) is 11.6 Å². The molecule has 1 aliphatic rings. The Morgan fingerprint density at radius 1 is 0.732 bits per heavy atom. The third kappa shape index (κ3) is 6.85. The number of fused-ring (bicyclic) bond motifs is 1. The van der Waals surface area contributed by atoms with Gasteiger partial charge >= 0.3 is 0 Å². The van der Waals surface area contributed by atoms with Crippen LogP contribution in [0.5, 0.6) is 0 Å². The Labute approximate surface area is 251 Å². The number of rotatable bonds is 9. The van der Waals surface area contributed by atoms with Gasteiger partial charge in [-0.3, -0.25) is 14.8 Å². The lowest BCUT2D eigenvalue weighted by Crippen LogP contribution is -2.47. The van der Waals surface area contributed by atoms with E-state index in [1.165, 1.54) is 11.1 Å². The number of nitrogens with zero attached hydrogens (tertiary/aromatic N) is 5. The van der Waals surface area contributed by atoms with E-state index in [0.29, 0.717) is 6.54 Å². The summed E-state index contributed by atoms with van der Waals surface area (Å²) in [6, 6.07) is 30.7. The number of para-hydroxylation sites is 1. The lowest BCUT2D eigenvalue weighted by molar-refractivity contribution is 0.103. The topological polar surface area (TPSA) is 57.2 Å². The average Bonchev–Trinajstić information content (AvgIpc) is 3.00. The van der Waals surface area contributed by atoms with Crippen LogP contribution in [0.25, 0.3) is 10.9 Å². The molecule has 6 rings (SSSR count). The van der Waals surface area contributed by atoms with Crippen LogP contribution in [0.2, 0.25) is 10.0 Å². The zero-order valence-electron chi connectivity index (χ0n) is 22.8. The van der Waals surface area contributed by atoms with Crippen LogP contribution < -0.4 is 5.32 Å². The van der Waals surface area contributed by atoms with Gasteiger partial charge in [0, 0.05) is 66.5 Å². The number of piperazine rings is 1. The van der Waals surface area contributed by atoms with Crippen LogP contribution in [-0.4, -0.2) is 57.5 Å². The molecule has 0 aliphatic carbocycles. The zero-order valence-corrected chi connectivity index (χ0v) is 24.3. The van der Waals surface area contributed by atoms with Crippen molar-refractivity contribution in [2.75, 3.05) is 38.0 Å². The molecule has 208 valence electrons. The van der Waals surface area contributed by atoms with Gasteiger partial charge in [0.15, 0.2) is 0 Å². The number of pyridine rings is 1. The molecule has 0 saturated carbocycles. The van der Waals surface area contributed by atoms with E-state index in [1.807, 2.05) is 54.7 Å². The minimum Gasteiger partial charge on any atom is -0.369 e. The van der Waals surface area contributed by atoms with Gasteiger partial charge in [-0.25, -0.2) is 9.97 Å². The molecule has 5 aromatic rings. The van der Waals surface area contributed by atoms with Gasteiger partial charge in [-0.1, -0.05) is 65.7 Å². The molecule has 0 atom stereocenters. The summed E-state index contributed by atoms with van der Waals surface area (Å²) in [4.78, 5) is 19.3. The van der Waals surface area contributed by atoms with Gasteiger partial charge in [0.05, 0.1) is 18.1 Å². The molecule has 3 heterocycles. The SMILES string of the molecule is Clc1ccc(C(c2ccc(Cl)cc2)N2CCN(Cc3nc(NCCc4ccccn4)c4ccccc4n3)CC2)cc1. The van der Waals surface area contributed by atoms with Crippen LogP contribution in [0.15, 0.2) is 97.2 Å². The number of hydrogen-bond acceptors (Lipinski definition) is 6. The summed E-state index contributed by atoms with van der Waals surface area (Å²) in [6.07, 6.45) is 2.67. The molecule has 1 fully saturated rings. The largest absolute Gasteiger partial charge is 0.369 e. The van der Waals surface area contributed by atoms with E-state index in [1.54, 1.807) is 0 Å². The predicted octanol–water partition coefficient (Wildman–Crippen LogP) is 6.89. The third-order valence-electron chi connectivity index (χ3n) is 7.56. The second-order valence-electron chi connectivity index (χ2n) is 10.3.